The summed E-state index contributed by atoms with van der Waals surface area (Å²) in [6.45, 7) is 1.90. The molecule has 0 aliphatic heterocycles. The van der Waals surface area contributed by atoms with Gasteiger partial charge in [0.15, 0.2) is 5.76 Å². The average Bonchev–Trinajstić information content (AvgIpc) is 3.69. The largest absolute Gasteiger partial charge is 1.00 e. The van der Waals surface area contributed by atoms with E-state index in [1.807, 2.05) is 91.9 Å². The fourth-order valence-corrected chi connectivity index (χ4v) is 4.83. The van der Waals surface area contributed by atoms with Crippen LogP contribution >= 0.6 is 0 Å². The van der Waals surface area contributed by atoms with Crippen molar-refractivity contribution in [2.75, 3.05) is 5.32 Å². The number of hydrogen-bond donors (Lipinski definition) is 1. The first-order valence-electron chi connectivity index (χ1n) is 12.7. The standard InChI is InChI=1S/C32H27N3O3.Na/c1-21-29(34-28-9-5-8-27(33-28)20-22-6-3-2-4-7-22)30(38-35-21)25-12-10-23(11-13-25)24-14-16-26(17-15-24)32(18-19-32)31(36)37;/h2-17H,18-20H2,1H3,(H,33,34)(H,36,37);/q;+1/p-1. The van der Waals surface area contributed by atoms with Gasteiger partial charge in [-0.05, 0) is 54.2 Å². The predicted octanol–water partition coefficient (Wildman–Crippen LogP) is 2.83. The number of hydrogen-bond acceptors (Lipinski definition) is 6. The Kier molecular flexibility index (Phi) is 7.71. The molecule has 0 saturated heterocycles. The van der Waals surface area contributed by atoms with Crippen molar-refractivity contribution in [1.29, 1.82) is 0 Å². The van der Waals surface area contributed by atoms with Crippen molar-refractivity contribution in [1.82, 2.24) is 10.1 Å². The maximum atomic E-state index is 11.5. The third-order valence-corrected chi connectivity index (χ3v) is 7.21. The molecule has 1 fully saturated rings. The van der Waals surface area contributed by atoms with Crippen LogP contribution in [0.4, 0.5) is 11.5 Å². The van der Waals surface area contributed by atoms with Crippen molar-refractivity contribution in [2.45, 2.75) is 31.6 Å². The molecule has 2 aromatic heterocycles. The summed E-state index contributed by atoms with van der Waals surface area (Å²) in [5.74, 6) is 0.386. The van der Waals surface area contributed by atoms with Crippen LogP contribution in [0.5, 0.6) is 0 Å². The molecule has 0 radical (unpaired) electrons. The van der Waals surface area contributed by atoms with E-state index in [1.54, 1.807) is 0 Å². The molecule has 1 saturated carbocycles. The maximum Gasteiger partial charge on any atom is 1.00 e. The van der Waals surface area contributed by atoms with Gasteiger partial charge in [0.25, 0.3) is 0 Å². The molecule has 0 atom stereocenters. The molecule has 39 heavy (non-hydrogen) atoms. The molecular weight excluding hydrogens is 497 g/mol. The first-order valence-corrected chi connectivity index (χ1v) is 12.7. The molecule has 188 valence electrons. The number of pyridine rings is 1. The van der Waals surface area contributed by atoms with Gasteiger partial charge < -0.3 is 19.7 Å². The van der Waals surface area contributed by atoms with Gasteiger partial charge >= 0.3 is 29.6 Å². The SMILES string of the molecule is Cc1noc(-c2ccc(-c3ccc(C4(C(=O)[O-])CC4)cc3)cc2)c1Nc1cccc(Cc2ccccc2)n1.[Na+]. The van der Waals surface area contributed by atoms with Crippen LogP contribution in [-0.4, -0.2) is 16.1 Å². The van der Waals surface area contributed by atoms with Gasteiger partial charge in [0, 0.05) is 23.1 Å². The summed E-state index contributed by atoms with van der Waals surface area (Å²) in [6, 6.07) is 32.0. The summed E-state index contributed by atoms with van der Waals surface area (Å²) in [6.07, 6.45) is 2.04. The third-order valence-electron chi connectivity index (χ3n) is 7.21. The van der Waals surface area contributed by atoms with Gasteiger partial charge in [0.05, 0.1) is 5.97 Å². The van der Waals surface area contributed by atoms with E-state index in [0.717, 1.165) is 51.6 Å². The molecule has 6 rings (SSSR count). The van der Waals surface area contributed by atoms with Gasteiger partial charge in [0.1, 0.15) is 17.2 Å². The number of benzene rings is 3. The smallest absolute Gasteiger partial charge is 0.549 e. The van der Waals surface area contributed by atoms with Crippen LogP contribution in [0, 0.1) is 6.92 Å². The summed E-state index contributed by atoms with van der Waals surface area (Å²) >= 11 is 0. The van der Waals surface area contributed by atoms with Gasteiger partial charge in [-0.15, -0.1) is 0 Å². The van der Waals surface area contributed by atoms with Crippen molar-refractivity contribution < 1.29 is 44.0 Å². The summed E-state index contributed by atoms with van der Waals surface area (Å²) < 4.78 is 5.71. The number of carboxylic acid groups (broad SMARTS) is 1. The number of carbonyl (C=O) groups is 1. The number of carboxylic acids is 1. The van der Waals surface area contributed by atoms with Crippen LogP contribution in [0.1, 0.15) is 35.4 Å². The number of rotatable bonds is 8. The van der Waals surface area contributed by atoms with Crippen LogP contribution in [0.3, 0.4) is 0 Å². The van der Waals surface area contributed by atoms with E-state index in [1.165, 1.54) is 5.56 Å². The molecule has 5 aromatic rings. The summed E-state index contributed by atoms with van der Waals surface area (Å²) in [7, 11) is 0. The van der Waals surface area contributed by atoms with E-state index in [-0.39, 0.29) is 29.6 Å². The van der Waals surface area contributed by atoms with Gasteiger partial charge in [-0.3, -0.25) is 0 Å². The van der Waals surface area contributed by atoms with E-state index in [9.17, 15) is 9.90 Å². The Morgan fingerprint density at radius 2 is 1.51 bits per heavy atom. The Hall–Kier alpha value is -3.71. The molecule has 1 aliphatic rings. The number of aromatic nitrogens is 2. The van der Waals surface area contributed by atoms with Gasteiger partial charge in [0.2, 0.25) is 0 Å². The minimum Gasteiger partial charge on any atom is -0.549 e. The Morgan fingerprint density at radius 3 is 2.15 bits per heavy atom. The number of carbonyl (C=O) groups excluding carboxylic acids is 1. The quantitative estimate of drug-likeness (QED) is 0.315. The van der Waals surface area contributed by atoms with Gasteiger partial charge in [-0.1, -0.05) is 90.1 Å². The normalized spacial score (nSPS) is 13.4. The van der Waals surface area contributed by atoms with Crippen molar-refractivity contribution in [3.05, 3.63) is 120 Å². The molecule has 7 heteroatoms. The number of aliphatic carboxylic acids is 1. The Morgan fingerprint density at radius 1 is 0.872 bits per heavy atom. The van der Waals surface area contributed by atoms with Crippen LogP contribution in [0.15, 0.2) is 102 Å². The molecule has 0 unspecified atom stereocenters. The minimum atomic E-state index is -0.987. The Balaban J connectivity index is 0.00000308. The van der Waals surface area contributed by atoms with Crippen molar-refractivity contribution in [3.8, 4) is 22.5 Å². The molecule has 0 amide bonds. The van der Waals surface area contributed by atoms with E-state index in [0.29, 0.717) is 18.6 Å². The zero-order chi connectivity index (χ0) is 26.1. The number of nitrogens with one attached hydrogen (secondary N) is 1. The summed E-state index contributed by atoms with van der Waals surface area (Å²) in [5.41, 5.74) is 6.65. The van der Waals surface area contributed by atoms with Crippen LogP contribution in [0.2, 0.25) is 0 Å². The zero-order valence-electron chi connectivity index (χ0n) is 22.0. The second-order valence-electron chi connectivity index (χ2n) is 9.80. The minimum absolute atomic E-state index is 0. The number of nitrogens with zero attached hydrogens (tertiary/aromatic N) is 2. The fraction of sp³-hybridized carbons (Fsp3) is 0.156. The van der Waals surface area contributed by atoms with E-state index < -0.39 is 11.4 Å². The third kappa shape index (κ3) is 5.55. The van der Waals surface area contributed by atoms with E-state index >= 15 is 0 Å². The monoisotopic (exact) mass is 523 g/mol. The van der Waals surface area contributed by atoms with Crippen molar-refractivity contribution in [3.63, 3.8) is 0 Å². The molecule has 3 aromatic carbocycles. The van der Waals surface area contributed by atoms with Gasteiger partial charge in [-0.25, -0.2) is 4.98 Å². The predicted molar refractivity (Wildman–Crippen MR) is 145 cm³/mol. The Labute approximate surface area is 249 Å². The molecule has 0 bridgehead atoms. The molecule has 6 nitrogen and oxygen atoms in total. The topological polar surface area (TPSA) is 91.1 Å². The number of anilines is 2. The average molecular weight is 524 g/mol. The number of aryl methyl sites for hydroxylation is 1. The maximum absolute atomic E-state index is 11.5. The van der Waals surface area contributed by atoms with Crippen LogP contribution in [-0.2, 0) is 16.6 Å². The molecular formula is C32H26N3NaO3. The van der Waals surface area contributed by atoms with Crippen LogP contribution < -0.4 is 40.0 Å². The zero-order valence-corrected chi connectivity index (χ0v) is 24.0. The van der Waals surface area contributed by atoms with E-state index in [2.05, 4.69) is 22.6 Å². The second kappa shape index (κ2) is 11.2. The van der Waals surface area contributed by atoms with Crippen LogP contribution in [0.25, 0.3) is 22.5 Å². The molecule has 2 heterocycles. The summed E-state index contributed by atoms with van der Waals surface area (Å²) in [5, 5.41) is 19.1. The first-order chi connectivity index (χ1) is 18.5. The fourth-order valence-electron chi connectivity index (χ4n) is 4.83. The second-order valence-corrected chi connectivity index (χ2v) is 9.80. The van der Waals surface area contributed by atoms with Crippen molar-refractivity contribution in [2.24, 2.45) is 0 Å². The van der Waals surface area contributed by atoms with Gasteiger partial charge in [-0.2, -0.15) is 0 Å². The van der Waals surface area contributed by atoms with E-state index in [4.69, 9.17) is 9.51 Å². The molecule has 0 spiro atoms. The summed E-state index contributed by atoms with van der Waals surface area (Å²) in [4.78, 5) is 16.3. The molecule has 1 N–H and O–H groups in total. The first kappa shape index (κ1) is 26.9. The van der Waals surface area contributed by atoms with Crippen molar-refractivity contribution >= 4 is 17.5 Å². The Bertz CT molecular complexity index is 1590. The molecule has 1 aliphatic carbocycles.